The smallest absolute Gasteiger partial charge is 0.255 e. The van der Waals surface area contributed by atoms with Crippen molar-refractivity contribution in [3.8, 4) is 0 Å². The molecule has 0 fully saturated rings. The van der Waals surface area contributed by atoms with Crippen molar-refractivity contribution in [2.45, 2.75) is 33.3 Å². The molecule has 1 rings (SSSR count). The van der Waals surface area contributed by atoms with Crippen molar-refractivity contribution in [2.24, 2.45) is 0 Å². The molecule has 0 aliphatic carbocycles. The van der Waals surface area contributed by atoms with Gasteiger partial charge < -0.3 is 15.4 Å². The molecule has 2 N–H and O–H groups in total. The SMILES string of the molecule is CCCNc1ncc(Br)cc1C(=O)NCC(C)OCC. The Morgan fingerprint density at radius 3 is 2.90 bits per heavy atom. The van der Waals surface area contributed by atoms with E-state index in [1.165, 1.54) is 0 Å². The van der Waals surface area contributed by atoms with Crippen LogP contribution in [0, 0.1) is 0 Å². The van der Waals surface area contributed by atoms with Gasteiger partial charge in [-0.05, 0) is 42.3 Å². The Kier molecular flexibility index (Phi) is 7.54. The van der Waals surface area contributed by atoms with Gasteiger partial charge in [-0.1, -0.05) is 6.92 Å². The van der Waals surface area contributed by atoms with Gasteiger partial charge in [0.05, 0.1) is 11.7 Å². The van der Waals surface area contributed by atoms with Gasteiger partial charge in [-0.3, -0.25) is 4.79 Å². The summed E-state index contributed by atoms with van der Waals surface area (Å²) < 4.78 is 6.17. The Balaban J connectivity index is 2.72. The van der Waals surface area contributed by atoms with Gasteiger partial charge >= 0.3 is 0 Å². The largest absolute Gasteiger partial charge is 0.377 e. The van der Waals surface area contributed by atoms with Crippen LogP contribution in [-0.4, -0.2) is 36.7 Å². The van der Waals surface area contributed by atoms with Gasteiger partial charge in [-0.25, -0.2) is 4.98 Å². The Morgan fingerprint density at radius 2 is 2.25 bits per heavy atom. The van der Waals surface area contributed by atoms with Gasteiger partial charge in [0.1, 0.15) is 5.82 Å². The first-order chi connectivity index (χ1) is 9.58. The van der Waals surface area contributed by atoms with Crippen LogP contribution in [0.1, 0.15) is 37.6 Å². The number of anilines is 1. The maximum atomic E-state index is 12.2. The molecule has 5 nitrogen and oxygen atoms in total. The predicted molar refractivity (Wildman–Crippen MR) is 84.1 cm³/mol. The van der Waals surface area contributed by atoms with Gasteiger partial charge in [0.15, 0.2) is 0 Å². The van der Waals surface area contributed by atoms with Crippen molar-refractivity contribution in [3.63, 3.8) is 0 Å². The maximum absolute atomic E-state index is 12.2. The number of amides is 1. The second-order valence-corrected chi connectivity index (χ2v) is 5.37. The van der Waals surface area contributed by atoms with Gasteiger partial charge in [-0.15, -0.1) is 0 Å². The zero-order chi connectivity index (χ0) is 15.0. The number of aromatic nitrogens is 1. The summed E-state index contributed by atoms with van der Waals surface area (Å²) in [6, 6.07) is 1.77. The molecule has 1 aromatic heterocycles. The van der Waals surface area contributed by atoms with Crippen molar-refractivity contribution >= 4 is 27.7 Å². The molecule has 0 radical (unpaired) electrons. The zero-order valence-electron chi connectivity index (χ0n) is 12.2. The van der Waals surface area contributed by atoms with Gasteiger partial charge in [-0.2, -0.15) is 0 Å². The predicted octanol–water partition coefficient (Wildman–Crippen LogP) is 2.82. The molecule has 112 valence electrons. The normalized spacial score (nSPS) is 12.0. The highest BCUT2D eigenvalue weighted by Gasteiger charge is 2.14. The van der Waals surface area contributed by atoms with Crippen LogP contribution in [0.3, 0.4) is 0 Å². The van der Waals surface area contributed by atoms with Crippen LogP contribution >= 0.6 is 15.9 Å². The second kappa shape index (κ2) is 8.92. The van der Waals surface area contributed by atoms with Crippen LogP contribution in [0.2, 0.25) is 0 Å². The molecule has 1 heterocycles. The molecular formula is C14H22BrN3O2. The summed E-state index contributed by atoms with van der Waals surface area (Å²) >= 11 is 3.34. The quantitative estimate of drug-likeness (QED) is 0.761. The van der Waals surface area contributed by atoms with E-state index >= 15 is 0 Å². The number of hydrogen-bond acceptors (Lipinski definition) is 4. The fourth-order valence-electron chi connectivity index (χ4n) is 1.67. The highest BCUT2D eigenvalue weighted by atomic mass is 79.9. The summed E-state index contributed by atoms with van der Waals surface area (Å²) in [4.78, 5) is 16.5. The van der Waals surface area contributed by atoms with E-state index < -0.39 is 0 Å². The third-order valence-corrected chi connectivity index (χ3v) is 3.08. The summed E-state index contributed by atoms with van der Waals surface area (Å²) in [7, 11) is 0. The first kappa shape index (κ1) is 16.9. The number of ether oxygens (including phenoxy) is 1. The fourth-order valence-corrected chi connectivity index (χ4v) is 2.00. The van der Waals surface area contributed by atoms with Crippen molar-refractivity contribution in [1.82, 2.24) is 10.3 Å². The van der Waals surface area contributed by atoms with E-state index in [-0.39, 0.29) is 12.0 Å². The summed E-state index contributed by atoms with van der Waals surface area (Å²) in [6.45, 7) is 7.83. The molecule has 0 aliphatic rings. The van der Waals surface area contributed by atoms with Crippen LogP contribution in [0.4, 0.5) is 5.82 Å². The Labute approximate surface area is 128 Å². The van der Waals surface area contributed by atoms with E-state index in [2.05, 4.69) is 38.5 Å². The highest BCUT2D eigenvalue weighted by molar-refractivity contribution is 9.10. The summed E-state index contributed by atoms with van der Waals surface area (Å²) in [5, 5.41) is 6.02. The molecule has 0 aromatic carbocycles. The third-order valence-electron chi connectivity index (χ3n) is 2.64. The standard InChI is InChI=1S/C14H22BrN3O2/c1-4-6-16-13-12(7-11(15)9-17-13)14(19)18-8-10(3)20-5-2/h7,9-10H,4-6,8H2,1-3H3,(H,16,17)(H,18,19). The number of rotatable bonds is 8. The van der Waals surface area contributed by atoms with Gasteiger partial charge in [0.2, 0.25) is 0 Å². The topological polar surface area (TPSA) is 63.2 Å². The average molecular weight is 344 g/mol. The monoisotopic (exact) mass is 343 g/mol. The molecule has 0 saturated carbocycles. The molecule has 0 spiro atoms. The lowest BCUT2D eigenvalue weighted by molar-refractivity contribution is 0.0695. The van der Waals surface area contributed by atoms with E-state index in [0.717, 1.165) is 17.4 Å². The number of nitrogens with zero attached hydrogens (tertiary/aromatic N) is 1. The van der Waals surface area contributed by atoms with E-state index in [0.29, 0.717) is 24.5 Å². The van der Waals surface area contributed by atoms with E-state index in [9.17, 15) is 4.79 Å². The van der Waals surface area contributed by atoms with Crippen LogP contribution < -0.4 is 10.6 Å². The van der Waals surface area contributed by atoms with Crippen LogP contribution in [0.25, 0.3) is 0 Å². The first-order valence-corrected chi connectivity index (χ1v) is 7.67. The zero-order valence-corrected chi connectivity index (χ0v) is 13.8. The van der Waals surface area contributed by atoms with Crippen molar-refractivity contribution in [2.75, 3.05) is 25.0 Å². The molecule has 0 saturated heterocycles. The van der Waals surface area contributed by atoms with Crippen molar-refractivity contribution < 1.29 is 9.53 Å². The molecular weight excluding hydrogens is 322 g/mol. The van der Waals surface area contributed by atoms with Crippen molar-refractivity contribution in [1.29, 1.82) is 0 Å². The number of halogens is 1. The minimum Gasteiger partial charge on any atom is -0.377 e. The lowest BCUT2D eigenvalue weighted by atomic mass is 10.2. The maximum Gasteiger partial charge on any atom is 0.255 e. The molecule has 0 aliphatic heterocycles. The summed E-state index contributed by atoms with van der Waals surface area (Å²) in [5.41, 5.74) is 0.538. The lowest BCUT2D eigenvalue weighted by Crippen LogP contribution is -2.32. The van der Waals surface area contributed by atoms with E-state index in [1.54, 1.807) is 12.3 Å². The Morgan fingerprint density at radius 1 is 1.50 bits per heavy atom. The number of pyridine rings is 1. The second-order valence-electron chi connectivity index (χ2n) is 4.45. The van der Waals surface area contributed by atoms with Crippen LogP contribution in [0.5, 0.6) is 0 Å². The lowest BCUT2D eigenvalue weighted by Gasteiger charge is -2.14. The number of hydrogen-bond donors (Lipinski definition) is 2. The Bertz CT molecular complexity index is 440. The number of nitrogens with one attached hydrogen (secondary N) is 2. The van der Waals surface area contributed by atoms with Crippen LogP contribution in [-0.2, 0) is 4.74 Å². The molecule has 1 aromatic rings. The Hall–Kier alpha value is -1.14. The minimum atomic E-state index is -0.149. The molecule has 20 heavy (non-hydrogen) atoms. The van der Waals surface area contributed by atoms with E-state index in [1.807, 2.05) is 13.8 Å². The first-order valence-electron chi connectivity index (χ1n) is 6.87. The highest BCUT2D eigenvalue weighted by Crippen LogP contribution is 2.18. The summed E-state index contributed by atoms with van der Waals surface area (Å²) in [5.74, 6) is 0.459. The summed E-state index contributed by atoms with van der Waals surface area (Å²) in [6.07, 6.45) is 2.65. The molecule has 6 heteroatoms. The van der Waals surface area contributed by atoms with E-state index in [4.69, 9.17) is 4.74 Å². The average Bonchev–Trinajstić information content (AvgIpc) is 2.43. The fraction of sp³-hybridized carbons (Fsp3) is 0.571. The number of carbonyl (C=O) groups is 1. The van der Waals surface area contributed by atoms with Crippen LogP contribution in [0.15, 0.2) is 16.7 Å². The van der Waals surface area contributed by atoms with Gasteiger partial charge in [0, 0.05) is 30.4 Å². The molecule has 1 amide bonds. The number of carbonyl (C=O) groups excluding carboxylic acids is 1. The van der Waals surface area contributed by atoms with Crippen molar-refractivity contribution in [3.05, 3.63) is 22.3 Å². The minimum absolute atomic E-state index is 0.00360. The van der Waals surface area contributed by atoms with Gasteiger partial charge in [0.25, 0.3) is 5.91 Å². The third kappa shape index (κ3) is 5.46. The molecule has 1 atom stereocenters. The molecule has 1 unspecified atom stereocenters. The molecule has 0 bridgehead atoms.